The van der Waals surface area contributed by atoms with Gasteiger partial charge in [-0.15, -0.1) is 0 Å². The summed E-state index contributed by atoms with van der Waals surface area (Å²) < 4.78 is 6.46. The highest BCUT2D eigenvalue weighted by molar-refractivity contribution is 5.77. The van der Waals surface area contributed by atoms with E-state index in [0.29, 0.717) is 16.9 Å². The second-order valence-electron chi connectivity index (χ2n) is 6.85. The molecule has 0 aliphatic carbocycles. The van der Waals surface area contributed by atoms with Crippen LogP contribution >= 0.6 is 0 Å². The van der Waals surface area contributed by atoms with Crippen LogP contribution in [0.15, 0.2) is 27.8 Å². The summed E-state index contributed by atoms with van der Waals surface area (Å²) in [6.07, 6.45) is 0. The van der Waals surface area contributed by atoms with Crippen LogP contribution in [0.1, 0.15) is 22.5 Å². The van der Waals surface area contributed by atoms with Crippen LogP contribution in [0.4, 0.5) is 0 Å². The maximum atomic E-state index is 12.8. The molecule has 0 spiro atoms. The van der Waals surface area contributed by atoms with Gasteiger partial charge < -0.3 is 0 Å². The van der Waals surface area contributed by atoms with E-state index in [9.17, 15) is 9.59 Å². The molecule has 3 aromatic heterocycles. The molecule has 0 aliphatic rings. The number of benzene rings is 1. The second-order valence-corrected chi connectivity index (χ2v) is 6.85. The molecule has 0 radical (unpaired) electrons. The first kappa shape index (κ1) is 16.4. The quantitative estimate of drug-likeness (QED) is 0.526. The van der Waals surface area contributed by atoms with Gasteiger partial charge in [0.2, 0.25) is 5.78 Å². The fourth-order valence-electron chi connectivity index (χ4n) is 3.59. The van der Waals surface area contributed by atoms with E-state index in [1.165, 1.54) is 17.2 Å². The van der Waals surface area contributed by atoms with Crippen LogP contribution in [-0.2, 0) is 14.1 Å². The van der Waals surface area contributed by atoms with Crippen molar-refractivity contribution in [3.05, 3.63) is 61.6 Å². The SMILES string of the molecule is Cc1cccc(-n2c(C)c(C)n3c4c(=O)n(C)c(=O)n(C)c4nc23)c1C. The van der Waals surface area contributed by atoms with Crippen molar-refractivity contribution in [3.8, 4) is 5.69 Å². The first-order valence-electron chi connectivity index (χ1n) is 8.48. The molecule has 0 atom stereocenters. The molecular weight excluding hydrogens is 330 g/mol. The summed E-state index contributed by atoms with van der Waals surface area (Å²) in [4.78, 5) is 29.7. The molecule has 0 unspecified atom stereocenters. The van der Waals surface area contributed by atoms with Gasteiger partial charge in [-0.25, -0.2) is 4.79 Å². The molecule has 0 saturated carbocycles. The largest absolute Gasteiger partial charge is 0.332 e. The number of nitrogens with zero attached hydrogens (tertiary/aromatic N) is 5. The van der Waals surface area contributed by atoms with Gasteiger partial charge in [0.1, 0.15) is 0 Å². The fourth-order valence-corrected chi connectivity index (χ4v) is 3.59. The molecule has 3 heterocycles. The molecule has 26 heavy (non-hydrogen) atoms. The molecule has 0 aliphatic heterocycles. The van der Waals surface area contributed by atoms with Gasteiger partial charge in [-0.1, -0.05) is 12.1 Å². The fraction of sp³-hybridized carbons (Fsp3) is 0.316. The molecule has 0 bridgehead atoms. The van der Waals surface area contributed by atoms with Gasteiger partial charge in [-0.3, -0.25) is 22.9 Å². The summed E-state index contributed by atoms with van der Waals surface area (Å²) >= 11 is 0. The van der Waals surface area contributed by atoms with Crippen molar-refractivity contribution in [3.63, 3.8) is 0 Å². The summed E-state index contributed by atoms with van der Waals surface area (Å²) in [6.45, 7) is 8.14. The lowest BCUT2D eigenvalue weighted by Crippen LogP contribution is -2.37. The lowest BCUT2D eigenvalue weighted by Gasteiger charge is -2.11. The number of fused-ring (bicyclic) bond motifs is 3. The Hall–Kier alpha value is -3.09. The number of aromatic nitrogens is 5. The summed E-state index contributed by atoms with van der Waals surface area (Å²) in [5.41, 5.74) is 5.42. The average molecular weight is 351 g/mol. The normalized spacial score (nSPS) is 11.8. The molecule has 0 saturated heterocycles. The molecule has 4 aromatic rings. The van der Waals surface area contributed by atoms with Crippen molar-refractivity contribution in [2.45, 2.75) is 27.7 Å². The third-order valence-electron chi connectivity index (χ3n) is 5.45. The first-order chi connectivity index (χ1) is 12.3. The Labute approximate surface area is 149 Å². The lowest BCUT2D eigenvalue weighted by atomic mass is 10.1. The monoisotopic (exact) mass is 351 g/mol. The van der Waals surface area contributed by atoms with E-state index in [-0.39, 0.29) is 11.2 Å². The van der Waals surface area contributed by atoms with Crippen molar-refractivity contribution in [1.29, 1.82) is 0 Å². The second kappa shape index (κ2) is 5.20. The van der Waals surface area contributed by atoms with Gasteiger partial charge in [0.25, 0.3) is 5.56 Å². The maximum Gasteiger partial charge on any atom is 0.332 e. The minimum absolute atomic E-state index is 0.336. The molecule has 0 N–H and O–H groups in total. The molecule has 1 aromatic carbocycles. The van der Waals surface area contributed by atoms with Crippen LogP contribution in [0.5, 0.6) is 0 Å². The van der Waals surface area contributed by atoms with Gasteiger partial charge in [0.05, 0.1) is 5.69 Å². The number of imidazole rings is 2. The van der Waals surface area contributed by atoms with E-state index in [4.69, 9.17) is 0 Å². The Morgan fingerprint density at radius 2 is 1.62 bits per heavy atom. The van der Waals surface area contributed by atoms with Gasteiger partial charge in [0, 0.05) is 25.5 Å². The standard InChI is InChI=1S/C19H21N5O2/c1-10-8-7-9-14(11(10)2)23-12(3)13(4)24-15-16(20-18(23)24)21(5)19(26)22(6)17(15)25/h7-9H,1-6H3. The van der Waals surface area contributed by atoms with E-state index in [0.717, 1.165) is 27.2 Å². The van der Waals surface area contributed by atoms with Crippen LogP contribution in [-0.4, -0.2) is 23.1 Å². The summed E-state index contributed by atoms with van der Waals surface area (Å²) in [7, 11) is 3.13. The number of rotatable bonds is 1. The van der Waals surface area contributed by atoms with Crippen molar-refractivity contribution in [2.24, 2.45) is 14.1 Å². The van der Waals surface area contributed by atoms with Crippen molar-refractivity contribution >= 4 is 16.9 Å². The van der Waals surface area contributed by atoms with Crippen molar-refractivity contribution in [2.75, 3.05) is 0 Å². The van der Waals surface area contributed by atoms with Crippen molar-refractivity contribution in [1.82, 2.24) is 23.1 Å². The molecule has 7 heteroatoms. The highest BCUT2D eigenvalue weighted by atomic mass is 16.2. The molecular formula is C19H21N5O2. The Balaban J connectivity index is 2.28. The zero-order chi connectivity index (χ0) is 18.9. The molecule has 0 fully saturated rings. The number of hydrogen-bond acceptors (Lipinski definition) is 3. The smallest absolute Gasteiger partial charge is 0.282 e. The predicted molar refractivity (Wildman–Crippen MR) is 101 cm³/mol. The average Bonchev–Trinajstić information content (AvgIpc) is 3.11. The van der Waals surface area contributed by atoms with Crippen LogP contribution in [0, 0.1) is 27.7 Å². The van der Waals surface area contributed by atoms with Gasteiger partial charge in [-0.2, -0.15) is 4.98 Å². The van der Waals surface area contributed by atoms with Crippen LogP contribution in [0.25, 0.3) is 22.6 Å². The minimum Gasteiger partial charge on any atom is -0.282 e. The van der Waals surface area contributed by atoms with Crippen LogP contribution in [0.3, 0.4) is 0 Å². The van der Waals surface area contributed by atoms with E-state index in [1.807, 2.05) is 30.4 Å². The van der Waals surface area contributed by atoms with Gasteiger partial charge >= 0.3 is 5.69 Å². The number of aryl methyl sites for hydroxylation is 3. The van der Waals surface area contributed by atoms with Gasteiger partial charge in [-0.05, 0) is 44.9 Å². The topological polar surface area (TPSA) is 66.2 Å². The third-order valence-corrected chi connectivity index (χ3v) is 5.45. The van der Waals surface area contributed by atoms with E-state index in [1.54, 1.807) is 7.05 Å². The zero-order valence-corrected chi connectivity index (χ0v) is 15.8. The van der Waals surface area contributed by atoms with E-state index in [2.05, 4.69) is 29.5 Å². The van der Waals surface area contributed by atoms with Crippen LogP contribution < -0.4 is 11.2 Å². The van der Waals surface area contributed by atoms with Crippen LogP contribution in [0.2, 0.25) is 0 Å². The summed E-state index contributed by atoms with van der Waals surface area (Å²) in [5, 5.41) is 0. The number of hydrogen-bond donors (Lipinski definition) is 0. The zero-order valence-electron chi connectivity index (χ0n) is 15.8. The molecule has 134 valence electrons. The highest BCUT2D eigenvalue weighted by Gasteiger charge is 2.23. The maximum absolute atomic E-state index is 12.8. The molecule has 7 nitrogen and oxygen atoms in total. The van der Waals surface area contributed by atoms with Gasteiger partial charge in [0.15, 0.2) is 11.2 Å². The third kappa shape index (κ3) is 1.85. The Morgan fingerprint density at radius 3 is 2.31 bits per heavy atom. The molecule has 4 rings (SSSR count). The van der Waals surface area contributed by atoms with E-state index >= 15 is 0 Å². The highest BCUT2D eigenvalue weighted by Crippen LogP contribution is 2.27. The minimum atomic E-state index is -0.379. The Bertz CT molecular complexity index is 1330. The first-order valence-corrected chi connectivity index (χ1v) is 8.48. The Morgan fingerprint density at radius 1 is 0.923 bits per heavy atom. The lowest BCUT2D eigenvalue weighted by molar-refractivity contribution is 0.707. The van der Waals surface area contributed by atoms with Crippen molar-refractivity contribution < 1.29 is 0 Å². The van der Waals surface area contributed by atoms with E-state index < -0.39 is 0 Å². The summed E-state index contributed by atoms with van der Waals surface area (Å²) in [6, 6.07) is 6.13. The molecule has 0 amide bonds. The Kier molecular flexibility index (Phi) is 3.28. The predicted octanol–water partition coefficient (Wildman–Crippen LogP) is 1.91. The summed E-state index contributed by atoms with van der Waals surface area (Å²) in [5.74, 6) is 0.641.